The summed E-state index contributed by atoms with van der Waals surface area (Å²) >= 11 is 1.55. The highest BCUT2D eigenvalue weighted by Gasteiger charge is 2.42. The Hall–Kier alpha value is -1.36. The van der Waals surface area contributed by atoms with Crippen molar-refractivity contribution in [2.24, 2.45) is 5.41 Å². The smallest absolute Gasteiger partial charge is 0.362 e. The van der Waals surface area contributed by atoms with Gasteiger partial charge >= 0.3 is 7.60 Å². The minimum absolute atomic E-state index is 0.177. The summed E-state index contributed by atoms with van der Waals surface area (Å²) in [6.45, 7) is 6.82. The zero-order valence-corrected chi connectivity index (χ0v) is 18.1. The topological polar surface area (TPSA) is 55.8 Å². The van der Waals surface area contributed by atoms with Crippen molar-refractivity contribution in [2.45, 2.75) is 38.2 Å². The summed E-state index contributed by atoms with van der Waals surface area (Å²) in [5.41, 5.74) is 2.67. The highest BCUT2D eigenvalue weighted by molar-refractivity contribution is 8.03. The van der Waals surface area contributed by atoms with Gasteiger partial charge in [0.05, 0.1) is 24.6 Å². The van der Waals surface area contributed by atoms with E-state index in [0.29, 0.717) is 24.9 Å². The Morgan fingerprint density at radius 1 is 1.14 bits per heavy atom. The van der Waals surface area contributed by atoms with Gasteiger partial charge in [0.2, 0.25) is 0 Å². The van der Waals surface area contributed by atoms with Crippen LogP contribution in [0.2, 0.25) is 0 Å². The van der Waals surface area contributed by atoms with Crippen LogP contribution in [0.4, 0.5) is 0 Å². The molecular weight excluding hydrogens is 391 g/mol. The minimum Gasteiger partial charge on any atom is -0.388 e. The molecule has 0 bridgehead atoms. The minimum atomic E-state index is -3.49. The molecule has 0 saturated carbocycles. The molecule has 6 heteroatoms. The molecule has 148 valence electrons. The maximum atomic E-state index is 13.8. The second kappa shape index (κ2) is 7.47. The average Bonchev–Trinajstić information content (AvgIpc) is 2.66. The molecule has 1 unspecified atom stereocenters. The molecule has 1 atom stereocenters. The molecule has 2 heterocycles. The van der Waals surface area contributed by atoms with E-state index >= 15 is 0 Å². The lowest BCUT2D eigenvalue weighted by Gasteiger charge is -2.36. The largest absolute Gasteiger partial charge is 0.388 e. The van der Waals surface area contributed by atoms with Crippen molar-refractivity contribution in [3.05, 3.63) is 70.1 Å². The van der Waals surface area contributed by atoms with Crippen LogP contribution in [-0.4, -0.2) is 18.3 Å². The molecule has 1 N–H and O–H groups in total. The van der Waals surface area contributed by atoms with Crippen molar-refractivity contribution < 1.29 is 18.7 Å². The highest BCUT2D eigenvalue weighted by atomic mass is 32.2. The summed E-state index contributed by atoms with van der Waals surface area (Å²) in [7, 11) is -3.49. The SMILES string of the molecule is Cc1ccc2c(c1)C(O)C/C(=C(/c1ccccc1)P1(=O)OCC(C)(C)CO1)S2. The zero-order chi connectivity index (χ0) is 19.9. The predicted molar refractivity (Wildman–Crippen MR) is 113 cm³/mol. The van der Waals surface area contributed by atoms with Crippen LogP contribution in [0.15, 0.2) is 58.3 Å². The number of hydrogen-bond donors (Lipinski definition) is 1. The number of thioether (sulfide) groups is 1. The van der Waals surface area contributed by atoms with Gasteiger partial charge in [0, 0.05) is 21.6 Å². The monoisotopic (exact) mass is 416 g/mol. The molecule has 0 radical (unpaired) electrons. The fourth-order valence-corrected chi connectivity index (χ4v) is 7.30. The third-order valence-electron chi connectivity index (χ3n) is 4.97. The van der Waals surface area contributed by atoms with Crippen LogP contribution in [0, 0.1) is 12.3 Å². The van der Waals surface area contributed by atoms with Crippen LogP contribution in [-0.2, 0) is 13.6 Å². The number of aryl methyl sites for hydroxylation is 1. The van der Waals surface area contributed by atoms with Crippen LogP contribution in [0.5, 0.6) is 0 Å². The maximum Gasteiger partial charge on any atom is 0.362 e. The van der Waals surface area contributed by atoms with Gasteiger partial charge in [0.1, 0.15) is 0 Å². The lowest BCUT2D eigenvalue weighted by molar-refractivity contribution is 0.0467. The van der Waals surface area contributed by atoms with Gasteiger partial charge in [-0.15, -0.1) is 0 Å². The van der Waals surface area contributed by atoms with Gasteiger partial charge in [-0.25, -0.2) is 0 Å². The van der Waals surface area contributed by atoms with Gasteiger partial charge in [-0.05, 0) is 24.1 Å². The molecule has 1 fully saturated rings. The van der Waals surface area contributed by atoms with Crippen LogP contribution in [0.25, 0.3) is 5.31 Å². The molecule has 2 aromatic carbocycles. The molecule has 2 aliphatic rings. The van der Waals surface area contributed by atoms with Crippen molar-refractivity contribution in [3.63, 3.8) is 0 Å². The summed E-state index contributed by atoms with van der Waals surface area (Å²) < 4.78 is 25.5. The second-order valence-electron chi connectivity index (χ2n) is 8.21. The Morgan fingerprint density at radius 2 is 1.82 bits per heavy atom. The molecule has 2 aliphatic heterocycles. The fraction of sp³-hybridized carbons (Fsp3) is 0.364. The molecule has 0 spiro atoms. The number of aliphatic hydroxyl groups excluding tert-OH is 1. The summed E-state index contributed by atoms with van der Waals surface area (Å²) in [5.74, 6) is 0. The number of rotatable bonds is 2. The quantitative estimate of drug-likeness (QED) is 0.594. The van der Waals surface area contributed by atoms with Crippen molar-refractivity contribution in [1.82, 2.24) is 0 Å². The Morgan fingerprint density at radius 3 is 2.50 bits per heavy atom. The summed E-state index contributed by atoms with van der Waals surface area (Å²) in [5, 5.41) is 11.4. The van der Waals surface area contributed by atoms with E-state index in [0.717, 1.165) is 26.5 Å². The van der Waals surface area contributed by atoms with Crippen molar-refractivity contribution in [2.75, 3.05) is 13.2 Å². The van der Waals surface area contributed by atoms with E-state index in [1.165, 1.54) is 0 Å². The predicted octanol–water partition coefficient (Wildman–Crippen LogP) is 6.16. The third kappa shape index (κ3) is 3.87. The third-order valence-corrected chi connectivity index (χ3v) is 8.35. The first kappa shape index (κ1) is 19.9. The molecule has 0 amide bonds. The van der Waals surface area contributed by atoms with Crippen LogP contribution in [0.1, 0.15) is 43.1 Å². The Labute approximate surface area is 170 Å². The highest BCUT2D eigenvalue weighted by Crippen LogP contribution is 2.67. The van der Waals surface area contributed by atoms with E-state index in [4.69, 9.17) is 9.05 Å². The summed E-state index contributed by atoms with van der Waals surface area (Å²) in [6.07, 6.45) is -0.247. The molecule has 0 aromatic heterocycles. The lowest BCUT2D eigenvalue weighted by atomic mass is 9.97. The molecule has 1 saturated heterocycles. The van der Waals surface area contributed by atoms with E-state index in [-0.39, 0.29) is 5.41 Å². The molecule has 4 rings (SSSR count). The first-order chi connectivity index (χ1) is 13.3. The molecule has 0 aliphatic carbocycles. The van der Waals surface area contributed by atoms with E-state index in [9.17, 15) is 9.67 Å². The number of aliphatic hydroxyl groups is 1. The lowest BCUT2D eigenvalue weighted by Crippen LogP contribution is -2.29. The summed E-state index contributed by atoms with van der Waals surface area (Å²) in [6, 6.07) is 15.7. The number of hydrogen-bond acceptors (Lipinski definition) is 5. The first-order valence-electron chi connectivity index (χ1n) is 9.42. The van der Waals surface area contributed by atoms with E-state index in [1.54, 1.807) is 11.8 Å². The molecular formula is C22H25O4PS. The van der Waals surface area contributed by atoms with Gasteiger partial charge in [0.25, 0.3) is 0 Å². The van der Waals surface area contributed by atoms with E-state index in [1.807, 2.05) is 69.3 Å². The standard InChI is InChI=1S/C22H25O4PS/c1-15-9-10-19-17(11-15)18(23)12-20(28-19)21(16-7-5-4-6-8-16)27(24)25-13-22(2,3)14-26-27/h4-11,18,23H,12-14H2,1-3H3/b21-20+. The van der Waals surface area contributed by atoms with E-state index in [2.05, 4.69) is 0 Å². The van der Waals surface area contributed by atoms with Crippen molar-refractivity contribution >= 4 is 24.7 Å². The maximum absolute atomic E-state index is 13.8. The van der Waals surface area contributed by atoms with Gasteiger partial charge in [-0.2, -0.15) is 0 Å². The van der Waals surface area contributed by atoms with Gasteiger partial charge in [-0.3, -0.25) is 4.57 Å². The Kier molecular flexibility index (Phi) is 5.32. The van der Waals surface area contributed by atoms with E-state index < -0.39 is 13.7 Å². The van der Waals surface area contributed by atoms with Crippen molar-refractivity contribution in [3.8, 4) is 0 Å². The second-order valence-corrected chi connectivity index (χ2v) is 11.3. The average molecular weight is 416 g/mol. The molecule has 2 aromatic rings. The number of fused-ring (bicyclic) bond motifs is 1. The van der Waals surface area contributed by atoms with Gasteiger partial charge in [0.15, 0.2) is 0 Å². The Balaban J connectivity index is 1.83. The van der Waals surface area contributed by atoms with Crippen LogP contribution in [0.3, 0.4) is 0 Å². The fourth-order valence-electron chi connectivity index (χ4n) is 3.42. The zero-order valence-electron chi connectivity index (χ0n) is 16.3. The molecule has 4 nitrogen and oxygen atoms in total. The normalized spacial score (nSPS) is 25.1. The van der Waals surface area contributed by atoms with Crippen molar-refractivity contribution in [1.29, 1.82) is 0 Å². The molecule has 28 heavy (non-hydrogen) atoms. The van der Waals surface area contributed by atoms with Gasteiger partial charge in [-0.1, -0.05) is 73.6 Å². The summed E-state index contributed by atoms with van der Waals surface area (Å²) in [4.78, 5) is 1.83. The first-order valence-corrected chi connectivity index (χ1v) is 11.8. The van der Waals surface area contributed by atoms with Crippen LogP contribution >= 0.6 is 19.4 Å². The van der Waals surface area contributed by atoms with Gasteiger partial charge < -0.3 is 14.2 Å². The number of benzene rings is 2. The van der Waals surface area contributed by atoms with Crippen LogP contribution < -0.4 is 0 Å². The Bertz CT molecular complexity index is 954.